The van der Waals surface area contributed by atoms with Gasteiger partial charge in [-0.25, -0.2) is 4.98 Å². The molecule has 2 aromatic rings. The molecule has 0 aromatic heterocycles. The minimum atomic E-state index is 0.676. The van der Waals surface area contributed by atoms with Gasteiger partial charge in [-0.15, -0.1) is 0 Å². The molecule has 3 heterocycles. The Hall–Kier alpha value is -2.26. The molecule has 24 heavy (non-hydrogen) atoms. The van der Waals surface area contributed by atoms with Crippen LogP contribution in [0.3, 0.4) is 0 Å². The van der Waals surface area contributed by atoms with Gasteiger partial charge in [-0.3, -0.25) is 0 Å². The lowest BCUT2D eigenvalue weighted by Crippen LogP contribution is -2.29. The molecule has 1 fully saturated rings. The lowest BCUT2D eigenvalue weighted by molar-refractivity contribution is 0.576. The highest BCUT2D eigenvalue weighted by molar-refractivity contribution is 6.31. The van der Waals surface area contributed by atoms with Crippen LogP contribution in [0.5, 0.6) is 0 Å². The molecule has 3 nitrogen and oxygen atoms in total. The van der Waals surface area contributed by atoms with E-state index in [-0.39, 0.29) is 0 Å². The standard InChI is InChI=1S/C20H17ClN2O/c21-14-5-7-16-17-10-13-4-6-15(23-8-2-1-3-9-23)12-19(13)24-20(17)22-18(16)11-14/h4-7,10-12H,1-3,8-9H2. The summed E-state index contributed by atoms with van der Waals surface area (Å²) in [5, 5.41) is 2.88. The summed E-state index contributed by atoms with van der Waals surface area (Å²) in [5.74, 6) is 0.676. The summed E-state index contributed by atoms with van der Waals surface area (Å²) in [4.78, 5) is 7.05. The molecular weight excluding hydrogens is 320 g/mol. The number of halogens is 1. The van der Waals surface area contributed by atoms with Crippen molar-refractivity contribution in [3.63, 3.8) is 0 Å². The van der Waals surface area contributed by atoms with E-state index in [0.717, 1.165) is 40.5 Å². The van der Waals surface area contributed by atoms with E-state index in [9.17, 15) is 0 Å². The maximum absolute atomic E-state index is 6.12. The van der Waals surface area contributed by atoms with Crippen molar-refractivity contribution < 1.29 is 4.42 Å². The van der Waals surface area contributed by atoms with Crippen molar-refractivity contribution >= 4 is 39.2 Å². The topological polar surface area (TPSA) is 29.3 Å². The molecular formula is C20H17ClN2O. The second-order valence-electron chi connectivity index (χ2n) is 6.51. The fraction of sp³-hybridized carbons (Fsp3) is 0.250. The number of fused-ring (bicyclic) bond motifs is 4. The van der Waals surface area contributed by atoms with E-state index in [0.29, 0.717) is 10.9 Å². The lowest BCUT2D eigenvalue weighted by atomic mass is 10.1. The second-order valence-corrected chi connectivity index (χ2v) is 6.94. The zero-order chi connectivity index (χ0) is 16.1. The van der Waals surface area contributed by atoms with Gasteiger partial charge in [0.05, 0.1) is 5.52 Å². The monoisotopic (exact) mass is 336 g/mol. The SMILES string of the molecule is Clc1ccc2c3cc4ccc(N5CCCCC5)cc4oc-3nc2c1. The van der Waals surface area contributed by atoms with Crippen LogP contribution in [0.4, 0.5) is 5.69 Å². The minimum Gasteiger partial charge on any atom is -0.438 e. The smallest absolute Gasteiger partial charge is 0.227 e. The molecule has 0 bridgehead atoms. The highest BCUT2D eigenvalue weighted by Crippen LogP contribution is 2.36. The lowest BCUT2D eigenvalue weighted by Gasteiger charge is -2.28. The minimum absolute atomic E-state index is 0.676. The number of piperidine rings is 1. The van der Waals surface area contributed by atoms with Gasteiger partial charge in [0.15, 0.2) is 0 Å². The van der Waals surface area contributed by atoms with E-state index in [4.69, 9.17) is 16.0 Å². The third kappa shape index (κ3) is 2.23. The molecule has 2 aromatic carbocycles. The molecule has 0 unspecified atom stereocenters. The average Bonchev–Trinajstić information content (AvgIpc) is 2.96. The van der Waals surface area contributed by atoms with Crippen LogP contribution in [0.15, 0.2) is 46.9 Å². The van der Waals surface area contributed by atoms with Crippen LogP contribution in [-0.2, 0) is 0 Å². The Morgan fingerprint density at radius 3 is 2.71 bits per heavy atom. The predicted molar refractivity (Wildman–Crippen MR) is 99.2 cm³/mol. The van der Waals surface area contributed by atoms with Gasteiger partial charge in [-0.05, 0) is 49.6 Å². The Bertz CT molecular complexity index is 1020. The third-order valence-corrected chi connectivity index (χ3v) is 5.16. The first-order chi connectivity index (χ1) is 11.8. The molecule has 0 radical (unpaired) electrons. The van der Waals surface area contributed by atoms with Gasteiger partial charge in [0, 0.05) is 46.2 Å². The van der Waals surface area contributed by atoms with Gasteiger partial charge in [-0.1, -0.05) is 17.7 Å². The van der Waals surface area contributed by atoms with E-state index in [2.05, 4.69) is 34.1 Å². The van der Waals surface area contributed by atoms with Crippen molar-refractivity contribution in [2.45, 2.75) is 19.3 Å². The summed E-state index contributed by atoms with van der Waals surface area (Å²) >= 11 is 6.08. The Balaban J connectivity index is 1.68. The van der Waals surface area contributed by atoms with Crippen LogP contribution in [0.25, 0.3) is 33.3 Å². The Kier molecular flexibility index (Phi) is 3.17. The van der Waals surface area contributed by atoms with Gasteiger partial charge in [0.2, 0.25) is 5.89 Å². The fourth-order valence-electron chi connectivity index (χ4n) is 3.67. The van der Waals surface area contributed by atoms with Crippen LogP contribution in [-0.4, -0.2) is 18.1 Å². The first kappa shape index (κ1) is 14.1. The molecule has 3 aliphatic heterocycles. The van der Waals surface area contributed by atoms with Crippen molar-refractivity contribution in [2.24, 2.45) is 0 Å². The summed E-state index contributed by atoms with van der Waals surface area (Å²) in [6.07, 6.45) is 3.87. The number of rotatable bonds is 1. The molecule has 0 amide bonds. The highest BCUT2D eigenvalue weighted by atomic mass is 35.5. The summed E-state index contributed by atoms with van der Waals surface area (Å²) in [6.45, 7) is 2.26. The van der Waals surface area contributed by atoms with Crippen molar-refractivity contribution in [3.8, 4) is 11.5 Å². The largest absolute Gasteiger partial charge is 0.438 e. The zero-order valence-electron chi connectivity index (χ0n) is 13.3. The summed E-state index contributed by atoms with van der Waals surface area (Å²) < 4.78 is 6.12. The summed E-state index contributed by atoms with van der Waals surface area (Å²) in [5.41, 5.74) is 4.05. The molecule has 0 spiro atoms. The van der Waals surface area contributed by atoms with E-state index in [1.54, 1.807) is 0 Å². The second kappa shape index (κ2) is 5.38. The molecule has 1 saturated heterocycles. The van der Waals surface area contributed by atoms with Gasteiger partial charge in [-0.2, -0.15) is 0 Å². The molecule has 0 aliphatic carbocycles. The van der Waals surface area contributed by atoms with Crippen molar-refractivity contribution in [1.82, 2.24) is 4.98 Å². The average molecular weight is 337 g/mol. The molecule has 120 valence electrons. The molecule has 0 N–H and O–H groups in total. The Morgan fingerprint density at radius 1 is 0.958 bits per heavy atom. The third-order valence-electron chi connectivity index (χ3n) is 4.93. The number of benzene rings is 2. The van der Waals surface area contributed by atoms with Crippen LogP contribution in [0.1, 0.15) is 19.3 Å². The zero-order valence-corrected chi connectivity index (χ0v) is 14.0. The van der Waals surface area contributed by atoms with Crippen molar-refractivity contribution in [3.05, 3.63) is 47.5 Å². The molecule has 5 rings (SSSR count). The van der Waals surface area contributed by atoms with E-state index in [1.165, 1.54) is 24.9 Å². The molecule has 0 saturated carbocycles. The fourth-order valence-corrected chi connectivity index (χ4v) is 3.83. The number of hydrogen-bond acceptors (Lipinski definition) is 3. The van der Waals surface area contributed by atoms with Crippen molar-refractivity contribution in [2.75, 3.05) is 18.0 Å². The van der Waals surface area contributed by atoms with E-state index >= 15 is 0 Å². The number of anilines is 1. The van der Waals surface area contributed by atoms with E-state index < -0.39 is 0 Å². The van der Waals surface area contributed by atoms with Crippen LogP contribution in [0, 0.1) is 0 Å². The van der Waals surface area contributed by atoms with Gasteiger partial charge in [0.1, 0.15) is 5.58 Å². The summed E-state index contributed by atoms with van der Waals surface area (Å²) in [7, 11) is 0. The Morgan fingerprint density at radius 2 is 1.83 bits per heavy atom. The Labute approximate surface area is 145 Å². The van der Waals surface area contributed by atoms with Crippen LogP contribution < -0.4 is 4.90 Å². The number of aromatic nitrogens is 1. The quantitative estimate of drug-likeness (QED) is 0.444. The van der Waals surface area contributed by atoms with Crippen LogP contribution in [0.2, 0.25) is 5.02 Å². The number of nitrogens with zero attached hydrogens (tertiary/aromatic N) is 2. The van der Waals surface area contributed by atoms with Crippen molar-refractivity contribution in [1.29, 1.82) is 0 Å². The maximum Gasteiger partial charge on any atom is 0.227 e. The van der Waals surface area contributed by atoms with Crippen LogP contribution >= 0.6 is 11.6 Å². The van der Waals surface area contributed by atoms with E-state index in [1.807, 2.05) is 18.2 Å². The van der Waals surface area contributed by atoms with Gasteiger partial charge >= 0.3 is 0 Å². The molecule has 4 heteroatoms. The summed E-state index contributed by atoms with van der Waals surface area (Å²) in [6, 6.07) is 14.5. The molecule has 0 atom stereocenters. The van der Waals surface area contributed by atoms with Gasteiger partial charge in [0.25, 0.3) is 0 Å². The normalized spacial score (nSPS) is 15.6. The predicted octanol–water partition coefficient (Wildman–Crippen LogP) is 5.73. The van der Waals surface area contributed by atoms with Gasteiger partial charge < -0.3 is 9.32 Å². The molecule has 3 aliphatic rings. The first-order valence-corrected chi connectivity index (χ1v) is 8.83. The highest BCUT2D eigenvalue weighted by Gasteiger charge is 2.17. The maximum atomic E-state index is 6.12. The first-order valence-electron chi connectivity index (χ1n) is 8.45. The number of hydrogen-bond donors (Lipinski definition) is 0.